The summed E-state index contributed by atoms with van der Waals surface area (Å²) in [7, 11) is -3.87. The lowest BCUT2D eigenvalue weighted by molar-refractivity contribution is 0.549. The van der Waals surface area contributed by atoms with Gasteiger partial charge in [-0.05, 0) is 23.3 Å². The Bertz CT molecular complexity index is 730. The Hall–Kier alpha value is -1.79. The first kappa shape index (κ1) is 14.6. The fourth-order valence-electron chi connectivity index (χ4n) is 1.87. The second-order valence-corrected chi connectivity index (χ2v) is 6.32. The number of sulfone groups is 1. The summed E-state index contributed by atoms with van der Waals surface area (Å²) in [4.78, 5) is -0.503. The van der Waals surface area contributed by atoms with Gasteiger partial charge in [0.1, 0.15) is 16.5 Å². The molecule has 0 fully saturated rings. The molecule has 2 N–H and O–H groups in total. The summed E-state index contributed by atoms with van der Waals surface area (Å²) >= 11 is 0. The first-order valence-corrected chi connectivity index (χ1v) is 7.53. The van der Waals surface area contributed by atoms with Crippen LogP contribution >= 0.6 is 0 Å². The van der Waals surface area contributed by atoms with Crippen molar-refractivity contribution >= 4 is 9.84 Å². The minimum atomic E-state index is -3.87. The maximum Gasteiger partial charge on any atom is 0.185 e. The van der Waals surface area contributed by atoms with Crippen molar-refractivity contribution in [1.82, 2.24) is 0 Å². The fraction of sp³-hybridized carbons (Fsp3) is 0.143. The largest absolute Gasteiger partial charge is 0.326 e. The summed E-state index contributed by atoms with van der Waals surface area (Å²) in [5, 5.41) is 0. The van der Waals surface area contributed by atoms with Crippen molar-refractivity contribution in [1.29, 1.82) is 0 Å². The van der Waals surface area contributed by atoms with Gasteiger partial charge in [0.25, 0.3) is 0 Å². The smallest absolute Gasteiger partial charge is 0.185 e. The summed E-state index contributed by atoms with van der Waals surface area (Å²) in [5.41, 5.74) is 6.78. The van der Waals surface area contributed by atoms with Gasteiger partial charge in [-0.2, -0.15) is 0 Å². The molecule has 0 amide bonds. The summed E-state index contributed by atoms with van der Waals surface area (Å²) in [6.45, 7) is 0.290. The molecule has 0 aliphatic carbocycles. The highest BCUT2D eigenvalue weighted by atomic mass is 32.2. The molecule has 2 rings (SSSR count). The molecule has 0 heterocycles. The predicted molar refractivity (Wildman–Crippen MR) is 71.6 cm³/mol. The molecule has 2 aromatic rings. The second kappa shape index (κ2) is 5.68. The quantitative estimate of drug-likeness (QED) is 0.882. The zero-order chi connectivity index (χ0) is 14.8. The van der Waals surface area contributed by atoms with E-state index in [-0.39, 0.29) is 5.75 Å². The lowest BCUT2D eigenvalue weighted by atomic mass is 10.1. The van der Waals surface area contributed by atoms with E-state index in [0.29, 0.717) is 18.2 Å². The third-order valence-electron chi connectivity index (χ3n) is 2.81. The first-order chi connectivity index (χ1) is 9.42. The summed E-state index contributed by atoms with van der Waals surface area (Å²) in [5.74, 6) is -2.25. The van der Waals surface area contributed by atoms with Crippen molar-refractivity contribution in [3.05, 3.63) is 65.2 Å². The van der Waals surface area contributed by atoms with E-state index in [0.717, 1.165) is 17.7 Å². The van der Waals surface area contributed by atoms with Crippen LogP contribution in [0.4, 0.5) is 8.78 Å². The SMILES string of the molecule is NCc1cccc(CS(=O)(=O)c2ccc(F)cc2F)c1. The molecule has 0 aromatic heterocycles. The Balaban J connectivity index is 2.35. The van der Waals surface area contributed by atoms with Gasteiger partial charge in [0.05, 0.1) is 5.75 Å². The average Bonchev–Trinajstić information content (AvgIpc) is 2.37. The Morgan fingerprint density at radius 1 is 1.00 bits per heavy atom. The van der Waals surface area contributed by atoms with Gasteiger partial charge in [-0.25, -0.2) is 17.2 Å². The second-order valence-electron chi connectivity index (χ2n) is 4.36. The van der Waals surface area contributed by atoms with Gasteiger partial charge in [0.2, 0.25) is 0 Å². The van der Waals surface area contributed by atoms with E-state index in [4.69, 9.17) is 5.73 Å². The molecule has 0 saturated carbocycles. The van der Waals surface area contributed by atoms with E-state index in [1.165, 1.54) is 0 Å². The van der Waals surface area contributed by atoms with Gasteiger partial charge < -0.3 is 5.73 Å². The van der Waals surface area contributed by atoms with Crippen LogP contribution in [0.3, 0.4) is 0 Å². The maximum atomic E-state index is 13.6. The van der Waals surface area contributed by atoms with Gasteiger partial charge in [-0.3, -0.25) is 0 Å². The molecule has 6 heteroatoms. The Kier molecular flexibility index (Phi) is 4.15. The summed E-state index contributed by atoms with van der Waals surface area (Å²) < 4.78 is 50.6. The van der Waals surface area contributed by atoms with Crippen LogP contribution in [0.15, 0.2) is 47.4 Å². The molecule has 3 nitrogen and oxygen atoms in total. The molecule has 0 unspecified atom stereocenters. The van der Waals surface area contributed by atoms with Crippen molar-refractivity contribution in [3.63, 3.8) is 0 Å². The molecule has 20 heavy (non-hydrogen) atoms. The minimum Gasteiger partial charge on any atom is -0.326 e. The standard InChI is InChI=1S/C14H13F2NO2S/c15-12-4-5-14(13(16)7-12)20(18,19)9-11-3-1-2-10(6-11)8-17/h1-7H,8-9,17H2. The lowest BCUT2D eigenvalue weighted by Gasteiger charge is -2.07. The molecule has 0 atom stereocenters. The molecular formula is C14H13F2NO2S. The number of hydrogen-bond acceptors (Lipinski definition) is 3. The van der Waals surface area contributed by atoms with E-state index >= 15 is 0 Å². The van der Waals surface area contributed by atoms with Crippen LogP contribution in [-0.4, -0.2) is 8.42 Å². The van der Waals surface area contributed by atoms with E-state index in [1.54, 1.807) is 24.3 Å². The van der Waals surface area contributed by atoms with Gasteiger partial charge >= 0.3 is 0 Å². The van der Waals surface area contributed by atoms with Crippen LogP contribution in [0, 0.1) is 11.6 Å². The third kappa shape index (κ3) is 3.20. The summed E-state index contributed by atoms with van der Waals surface area (Å²) in [6.07, 6.45) is 0. The molecule has 2 aromatic carbocycles. The molecule has 0 aliphatic heterocycles. The highest BCUT2D eigenvalue weighted by Gasteiger charge is 2.20. The number of hydrogen-bond donors (Lipinski definition) is 1. The highest BCUT2D eigenvalue weighted by Crippen LogP contribution is 2.21. The van der Waals surface area contributed by atoms with Crippen molar-refractivity contribution in [2.45, 2.75) is 17.2 Å². The topological polar surface area (TPSA) is 60.2 Å². The molecule has 0 radical (unpaired) electrons. The number of nitrogens with two attached hydrogens (primary N) is 1. The normalized spacial score (nSPS) is 11.6. The number of halogens is 2. The van der Waals surface area contributed by atoms with Gasteiger partial charge in [-0.15, -0.1) is 0 Å². The van der Waals surface area contributed by atoms with Crippen LogP contribution < -0.4 is 5.73 Å². The van der Waals surface area contributed by atoms with Gasteiger partial charge in [0.15, 0.2) is 9.84 Å². The Morgan fingerprint density at radius 3 is 2.35 bits per heavy atom. The Morgan fingerprint density at radius 2 is 1.70 bits per heavy atom. The molecule has 0 aliphatic rings. The van der Waals surface area contributed by atoms with Crippen molar-refractivity contribution in [2.75, 3.05) is 0 Å². The Labute approximate surface area is 116 Å². The predicted octanol–water partition coefficient (Wildman–Crippen LogP) is 2.40. The molecule has 0 bridgehead atoms. The van der Waals surface area contributed by atoms with Crippen LogP contribution in [0.1, 0.15) is 11.1 Å². The minimum absolute atomic E-state index is 0.290. The van der Waals surface area contributed by atoms with Crippen LogP contribution in [0.5, 0.6) is 0 Å². The van der Waals surface area contributed by atoms with Gasteiger partial charge in [-0.1, -0.05) is 24.3 Å². The zero-order valence-corrected chi connectivity index (χ0v) is 11.3. The third-order valence-corrected chi connectivity index (χ3v) is 4.53. The van der Waals surface area contributed by atoms with E-state index in [2.05, 4.69) is 0 Å². The van der Waals surface area contributed by atoms with E-state index in [9.17, 15) is 17.2 Å². The average molecular weight is 297 g/mol. The zero-order valence-electron chi connectivity index (χ0n) is 10.5. The van der Waals surface area contributed by atoms with Crippen molar-refractivity contribution in [3.8, 4) is 0 Å². The van der Waals surface area contributed by atoms with E-state index < -0.39 is 26.4 Å². The van der Waals surface area contributed by atoms with Crippen LogP contribution in [0.2, 0.25) is 0 Å². The van der Waals surface area contributed by atoms with Crippen LogP contribution in [0.25, 0.3) is 0 Å². The van der Waals surface area contributed by atoms with Crippen molar-refractivity contribution < 1.29 is 17.2 Å². The number of rotatable bonds is 4. The van der Waals surface area contributed by atoms with Crippen LogP contribution in [-0.2, 0) is 22.1 Å². The fourth-order valence-corrected chi connectivity index (χ4v) is 3.28. The molecular weight excluding hydrogens is 284 g/mol. The summed E-state index contributed by atoms with van der Waals surface area (Å²) in [6, 6.07) is 9.15. The molecule has 0 saturated heterocycles. The number of benzene rings is 2. The van der Waals surface area contributed by atoms with Crippen molar-refractivity contribution in [2.24, 2.45) is 5.73 Å². The first-order valence-electron chi connectivity index (χ1n) is 5.88. The highest BCUT2D eigenvalue weighted by molar-refractivity contribution is 7.90. The van der Waals surface area contributed by atoms with E-state index in [1.807, 2.05) is 0 Å². The lowest BCUT2D eigenvalue weighted by Crippen LogP contribution is -2.08. The maximum absolute atomic E-state index is 13.6. The monoisotopic (exact) mass is 297 g/mol. The molecule has 106 valence electrons. The van der Waals surface area contributed by atoms with Gasteiger partial charge in [0, 0.05) is 12.6 Å². The molecule has 0 spiro atoms.